The molecule has 0 radical (unpaired) electrons. The third-order valence-electron chi connectivity index (χ3n) is 12.1. The first-order chi connectivity index (χ1) is 29.1. The Kier molecular flexibility index (Phi) is 8.37. The molecular weight excluding hydrogens is 717 g/mol. The normalized spacial score (nSPS) is 18.6. The van der Waals surface area contributed by atoms with Crippen LogP contribution in [0.3, 0.4) is 0 Å². The Morgan fingerprint density at radius 1 is 0.542 bits per heavy atom. The largest absolute Gasteiger partial charge is 0.462 e. The highest BCUT2D eigenvalue weighted by atomic mass is 16.5. The molecular formula is C57H40O2. The predicted octanol–water partition coefficient (Wildman–Crippen LogP) is 15.7. The standard InChI is InChI=1S/C57H40O2/c1-36-15-5-3-4-6-18-41-32-40-19-9-10-20-45(40)51(41)35-50(37(2)58-36)42-27-29-54-52(33-42)53-34-44(28-30-55(53)59-54)57-48-23-13-11-21-46(48)56(47-22-12-14-24-49(47)57)43-26-25-38-16-7-8-17-39(38)31-43/h3-5,7-31,33-35H,1,6,32H2,2H3/b4-3-,15-5-,41-18+,50-37-,51-35+. The van der Waals surface area contributed by atoms with Crippen molar-refractivity contribution in [2.75, 3.05) is 0 Å². The molecule has 1 aliphatic heterocycles. The number of allylic oxidation sites excluding steroid dienone is 10. The van der Waals surface area contributed by atoms with Gasteiger partial charge in [0, 0.05) is 16.3 Å². The average molecular weight is 757 g/mol. The molecule has 11 rings (SSSR count). The minimum absolute atomic E-state index is 0.591. The van der Waals surface area contributed by atoms with Gasteiger partial charge in [0.25, 0.3) is 0 Å². The van der Waals surface area contributed by atoms with Crippen molar-refractivity contribution in [3.63, 3.8) is 0 Å². The van der Waals surface area contributed by atoms with Gasteiger partial charge in [0.1, 0.15) is 22.7 Å². The van der Waals surface area contributed by atoms with Crippen molar-refractivity contribution in [3.8, 4) is 22.3 Å². The van der Waals surface area contributed by atoms with Crippen LogP contribution < -0.4 is 0 Å². The van der Waals surface area contributed by atoms with E-state index in [1.54, 1.807) is 0 Å². The van der Waals surface area contributed by atoms with Gasteiger partial charge in [-0.3, -0.25) is 0 Å². The van der Waals surface area contributed by atoms with E-state index in [4.69, 9.17) is 9.15 Å². The zero-order valence-corrected chi connectivity index (χ0v) is 32.8. The van der Waals surface area contributed by atoms with E-state index in [0.717, 1.165) is 57.2 Å². The highest BCUT2D eigenvalue weighted by Gasteiger charge is 2.23. The Morgan fingerprint density at radius 3 is 1.86 bits per heavy atom. The molecule has 0 amide bonds. The summed E-state index contributed by atoms with van der Waals surface area (Å²) in [6, 6.07) is 55.1. The molecule has 1 aliphatic carbocycles. The lowest BCUT2D eigenvalue weighted by Crippen LogP contribution is -1.94. The van der Waals surface area contributed by atoms with E-state index in [1.165, 1.54) is 71.3 Å². The Morgan fingerprint density at radius 2 is 1.14 bits per heavy atom. The van der Waals surface area contributed by atoms with Crippen LogP contribution in [0.5, 0.6) is 0 Å². The van der Waals surface area contributed by atoms with Gasteiger partial charge in [-0.1, -0.05) is 152 Å². The van der Waals surface area contributed by atoms with Gasteiger partial charge in [0.2, 0.25) is 0 Å². The van der Waals surface area contributed by atoms with Crippen LogP contribution in [-0.2, 0) is 11.2 Å². The first kappa shape index (κ1) is 34.8. The second-order valence-electron chi connectivity index (χ2n) is 15.6. The van der Waals surface area contributed by atoms with Crippen LogP contribution in [0.25, 0.3) is 87.7 Å². The fourth-order valence-corrected chi connectivity index (χ4v) is 9.31. The van der Waals surface area contributed by atoms with Gasteiger partial charge in [-0.25, -0.2) is 0 Å². The highest BCUT2D eigenvalue weighted by Crippen LogP contribution is 2.46. The third kappa shape index (κ3) is 6.04. The molecule has 2 heterocycles. The molecule has 8 aromatic carbocycles. The maximum atomic E-state index is 6.56. The van der Waals surface area contributed by atoms with E-state index in [-0.39, 0.29) is 0 Å². The molecule has 0 fully saturated rings. The molecule has 0 atom stereocenters. The number of rotatable bonds is 3. The maximum absolute atomic E-state index is 6.56. The van der Waals surface area contributed by atoms with Crippen molar-refractivity contribution >= 4 is 65.4 Å². The minimum Gasteiger partial charge on any atom is -0.462 e. The Labute approximate surface area is 343 Å². The fraction of sp³-hybridized carbons (Fsp3) is 0.0526. The lowest BCUT2D eigenvalue weighted by Gasteiger charge is -2.18. The van der Waals surface area contributed by atoms with Gasteiger partial charge in [-0.15, -0.1) is 0 Å². The lowest BCUT2D eigenvalue weighted by molar-refractivity contribution is 0.327. The van der Waals surface area contributed by atoms with E-state index < -0.39 is 0 Å². The van der Waals surface area contributed by atoms with Crippen LogP contribution in [0.15, 0.2) is 216 Å². The fourth-order valence-electron chi connectivity index (χ4n) is 9.31. The molecule has 2 heteroatoms. The summed E-state index contributed by atoms with van der Waals surface area (Å²) in [4.78, 5) is 0. The first-order valence-electron chi connectivity index (χ1n) is 20.4. The van der Waals surface area contributed by atoms with Crippen LogP contribution in [-0.4, -0.2) is 0 Å². The van der Waals surface area contributed by atoms with Crippen molar-refractivity contribution in [3.05, 3.63) is 228 Å². The van der Waals surface area contributed by atoms with Crippen molar-refractivity contribution < 1.29 is 9.15 Å². The highest BCUT2D eigenvalue weighted by molar-refractivity contribution is 6.22. The van der Waals surface area contributed by atoms with E-state index >= 15 is 0 Å². The summed E-state index contributed by atoms with van der Waals surface area (Å²) in [5, 5.41) is 9.54. The zero-order valence-electron chi connectivity index (χ0n) is 32.8. The molecule has 2 aliphatic rings. The number of hydrogen-bond donors (Lipinski definition) is 0. The van der Waals surface area contributed by atoms with Gasteiger partial charge in [0.05, 0.1) is 0 Å². The van der Waals surface area contributed by atoms with Crippen LogP contribution in [0.1, 0.15) is 30.0 Å². The molecule has 59 heavy (non-hydrogen) atoms. The molecule has 280 valence electrons. The third-order valence-corrected chi connectivity index (χ3v) is 12.1. The molecule has 2 nitrogen and oxygen atoms in total. The predicted molar refractivity (Wildman–Crippen MR) is 249 cm³/mol. The number of benzene rings is 8. The van der Waals surface area contributed by atoms with E-state index in [1.807, 2.05) is 19.1 Å². The molecule has 0 saturated heterocycles. The first-order valence-corrected chi connectivity index (χ1v) is 20.4. The van der Waals surface area contributed by atoms with Gasteiger partial charge >= 0.3 is 0 Å². The topological polar surface area (TPSA) is 22.4 Å². The molecule has 0 bridgehead atoms. The summed E-state index contributed by atoms with van der Waals surface area (Å²) < 4.78 is 13.0. The second kappa shape index (κ2) is 14.2. The van der Waals surface area contributed by atoms with E-state index in [9.17, 15) is 0 Å². The van der Waals surface area contributed by atoms with Crippen LogP contribution in [0.4, 0.5) is 0 Å². The summed E-state index contributed by atoms with van der Waals surface area (Å²) in [6.07, 6.45) is 14.6. The van der Waals surface area contributed by atoms with Crippen molar-refractivity contribution in [1.29, 1.82) is 0 Å². The smallest absolute Gasteiger partial charge is 0.135 e. The quantitative estimate of drug-likeness (QED) is 0.168. The SMILES string of the molecule is C=C1/C=C\C=C/C\C=C2/Cc3ccccc3/C2=C/C(c2ccc3oc4ccc(-c5c6ccccc6c(-c6ccc7ccccc7c6)c6ccccc56)cc4c3c2)=C(\C)O1. The van der Waals surface area contributed by atoms with Crippen molar-refractivity contribution in [2.45, 2.75) is 19.8 Å². The average Bonchev–Trinajstić information content (AvgIpc) is 3.82. The summed E-state index contributed by atoms with van der Waals surface area (Å²) >= 11 is 0. The zero-order chi connectivity index (χ0) is 39.5. The summed E-state index contributed by atoms with van der Waals surface area (Å²) in [5.41, 5.74) is 13.8. The van der Waals surface area contributed by atoms with Crippen LogP contribution in [0, 0.1) is 0 Å². The molecule has 0 unspecified atom stereocenters. The van der Waals surface area contributed by atoms with Gasteiger partial charge < -0.3 is 9.15 Å². The van der Waals surface area contributed by atoms with E-state index in [0.29, 0.717) is 5.76 Å². The van der Waals surface area contributed by atoms with Crippen LogP contribution >= 0.6 is 0 Å². The number of fused-ring (bicyclic) bond motifs is 9. The van der Waals surface area contributed by atoms with Crippen LogP contribution in [0.2, 0.25) is 0 Å². The van der Waals surface area contributed by atoms with Gasteiger partial charge in [-0.05, 0) is 145 Å². The summed E-state index contributed by atoms with van der Waals surface area (Å²) in [7, 11) is 0. The summed E-state index contributed by atoms with van der Waals surface area (Å²) in [5.74, 6) is 1.38. The van der Waals surface area contributed by atoms with Crippen molar-refractivity contribution in [1.82, 2.24) is 0 Å². The van der Waals surface area contributed by atoms with Crippen molar-refractivity contribution in [2.24, 2.45) is 0 Å². The Balaban J connectivity index is 1.10. The number of hydrogen-bond acceptors (Lipinski definition) is 2. The number of ether oxygens (including phenoxy) is 1. The monoisotopic (exact) mass is 756 g/mol. The molecule has 1 aromatic heterocycles. The summed E-state index contributed by atoms with van der Waals surface area (Å²) in [6.45, 7) is 6.26. The lowest BCUT2D eigenvalue weighted by atomic mass is 9.85. The minimum atomic E-state index is 0.591. The maximum Gasteiger partial charge on any atom is 0.135 e. The van der Waals surface area contributed by atoms with E-state index in [2.05, 4.69) is 183 Å². The van der Waals surface area contributed by atoms with Gasteiger partial charge in [0.15, 0.2) is 0 Å². The van der Waals surface area contributed by atoms with Gasteiger partial charge in [-0.2, -0.15) is 0 Å². The molecule has 0 N–H and O–H groups in total. The molecule has 0 spiro atoms. The Bertz CT molecular complexity index is 3320. The second-order valence-corrected chi connectivity index (χ2v) is 15.6. The number of furan rings is 1. The molecule has 9 aromatic rings. The Hall–Kier alpha value is -7.42. The molecule has 0 saturated carbocycles.